The van der Waals surface area contributed by atoms with Crippen molar-refractivity contribution >= 4 is 29.1 Å². The number of hydrogen-bond donors (Lipinski definition) is 2. The second kappa shape index (κ2) is 8.43. The highest BCUT2D eigenvalue weighted by Gasteiger charge is 2.43. The number of rotatable bonds is 5. The van der Waals surface area contributed by atoms with E-state index in [0.29, 0.717) is 42.1 Å². The zero-order valence-corrected chi connectivity index (χ0v) is 16.7. The van der Waals surface area contributed by atoms with Crippen LogP contribution in [-0.4, -0.2) is 55.4 Å². The Hall–Kier alpha value is -2.87. The lowest BCUT2D eigenvalue weighted by molar-refractivity contribution is -0.128. The van der Waals surface area contributed by atoms with Crippen molar-refractivity contribution in [2.45, 2.75) is 18.4 Å². The summed E-state index contributed by atoms with van der Waals surface area (Å²) in [5.74, 6) is 0.0295. The lowest BCUT2D eigenvalue weighted by atomic mass is 9.85. The first-order valence-corrected chi connectivity index (χ1v) is 9.88. The monoisotopic (exact) mass is 401 g/mol. The van der Waals surface area contributed by atoms with E-state index in [2.05, 4.69) is 10.6 Å². The van der Waals surface area contributed by atoms with Crippen LogP contribution in [-0.2, 0) is 4.79 Å². The maximum Gasteiger partial charge on any atom is 0.263 e. The van der Waals surface area contributed by atoms with Gasteiger partial charge in [0, 0.05) is 25.7 Å². The number of hydrogen-bond acceptors (Lipinski definition) is 5. The quantitative estimate of drug-likeness (QED) is 0.801. The summed E-state index contributed by atoms with van der Waals surface area (Å²) in [6.45, 7) is 0.792. The number of thiophene rings is 1. The van der Waals surface area contributed by atoms with Crippen LogP contribution < -0.4 is 15.4 Å². The van der Waals surface area contributed by atoms with Gasteiger partial charge in [0.1, 0.15) is 11.3 Å². The number of ether oxygens (including phenoxy) is 1. The van der Waals surface area contributed by atoms with Crippen LogP contribution >= 0.6 is 11.3 Å². The zero-order valence-electron chi connectivity index (χ0n) is 15.9. The molecule has 0 bridgehead atoms. The highest BCUT2D eigenvalue weighted by atomic mass is 32.1. The number of carbonyl (C=O) groups excluding carboxylic acids is 3. The third-order valence-electron chi connectivity index (χ3n) is 5.00. The molecule has 1 aliphatic rings. The van der Waals surface area contributed by atoms with Crippen LogP contribution in [0.15, 0.2) is 41.8 Å². The normalized spacial score (nSPS) is 15.6. The molecule has 8 heteroatoms. The predicted octanol–water partition coefficient (Wildman–Crippen LogP) is 1.91. The summed E-state index contributed by atoms with van der Waals surface area (Å²) >= 11 is 1.40. The van der Waals surface area contributed by atoms with Crippen LogP contribution in [0.1, 0.15) is 32.9 Å². The Kier molecular flexibility index (Phi) is 5.99. The van der Waals surface area contributed by atoms with E-state index in [1.54, 1.807) is 49.4 Å². The molecule has 2 heterocycles. The number of piperidine rings is 1. The number of likely N-dealkylation sites (tertiary alicyclic amines) is 1. The second-order valence-corrected chi connectivity index (χ2v) is 7.56. The van der Waals surface area contributed by atoms with Crippen molar-refractivity contribution in [3.05, 3.63) is 52.2 Å². The van der Waals surface area contributed by atoms with Crippen molar-refractivity contribution in [2.24, 2.45) is 0 Å². The van der Waals surface area contributed by atoms with Crippen LogP contribution in [0.25, 0.3) is 0 Å². The molecule has 0 unspecified atom stereocenters. The maximum atomic E-state index is 12.7. The van der Waals surface area contributed by atoms with Crippen molar-refractivity contribution in [3.8, 4) is 5.75 Å². The number of nitrogens with zero attached hydrogens (tertiary/aromatic N) is 1. The van der Waals surface area contributed by atoms with Gasteiger partial charge >= 0.3 is 0 Å². The fraction of sp³-hybridized carbons (Fsp3) is 0.350. The van der Waals surface area contributed by atoms with Gasteiger partial charge in [-0.25, -0.2) is 0 Å². The van der Waals surface area contributed by atoms with Gasteiger partial charge in [0.15, 0.2) is 0 Å². The molecule has 1 fully saturated rings. The molecule has 1 aliphatic heterocycles. The van der Waals surface area contributed by atoms with E-state index in [1.807, 2.05) is 11.4 Å². The molecule has 0 spiro atoms. The van der Waals surface area contributed by atoms with E-state index in [0.717, 1.165) is 0 Å². The lowest BCUT2D eigenvalue weighted by Gasteiger charge is -2.40. The topological polar surface area (TPSA) is 87.7 Å². The van der Waals surface area contributed by atoms with E-state index in [1.165, 1.54) is 11.3 Å². The standard InChI is InChI=1S/C20H23N3O4S/c1-21-19(26)20(22-17(24)14-5-7-15(27-2)8-6-14)9-11-23(12-10-20)18(25)16-4-3-13-28-16/h3-8,13H,9-12H2,1-2H3,(H,21,26)(H,22,24). The Morgan fingerprint density at radius 1 is 1.11 bits per heavy atom. The largest absolute Gasteiger partial charge is 0.497 e. The van der Waals surface area contributed by atoms with Crippen LogP contribution in [0.3, 0.4) is 0 Å². The Labute approximate surface area is 167 Å². The number of likely N-dealkylation sites (N-methyl/N-ethyl adjacent to an activating group) is 1. The first-order valence-electron chi connectivity index (χ1n) is 9.00. The van der Waals surface area contributed by atoms with Crippen molar-refractivity contribution in [2.75, 3.05) is 27.2 Å². The fourth-order valence-electron chi connectivity index (χ4n) is 3.33. The van der Waals surface area contributed by atoms with Gasteiger partial charge in [0.05, 0.1) is 12.0 Å². The van der Waals surface area contributed by atoms with E-state index in [4.69, 9.17) is 4.74 Å². The molecule has 3 rings (SSSR count). The Balaban J connectivity index is 1.72. The first-order chi connectivity index (χ1) is 13.5. The second-order valence-electron chi connectivity index (χ2n) is 6.61. The molecular weight excluding hydrogens is 378 g/mol. The molecule has 0 radical (unpaired) electrons. The minimum absolute atomic E-state index is 0.0398. The van der Waals surface area contributed by atoms with Gasteiger partial charge in [-0.2, -0.15) is 0 Å². The van der Waals surface area contributed by atoms with Crippen LogP contribution in [0.5, 0.6) is 5.75 Å². The molecule has 2 N–H and O–H groups in total. The number of amides is 3. The molecule has 1 aromatic heterocycles. The van der Waals surface area contributed by atoms with E-state index < -0.39 is 5.54 Å². The molecule has 28 heavy (non-hydrogen) atoms. The van der Waals surface area contributed by atoms with Gasteiger partial charge in [-0.3, -0.25) is 14.4 Å². The molecule has 1 saturated heterocycles. The van der Waals surface area contributed by atoms with Crippen LogP contribution in [0.4, 0.5) is 0 Å². The number of benzene rings is 1. The zero-order chi connectivity index (χ0) is 20.1. The molecule has 7 nitrogen and oxygen atoms in total. The molecule has 0 aliphatic carbocycles. The first kappa shape index (κ1) is 19.9. The van der Waals surface area contributed by atoms with Gasteiger partial charge < -0.3 is 20.3 Å². The molecule has 3 amide bonds. The van der Waals surface area contributed by atoms with Gasteiger partial charge in [0.25, 0.3) is 11.8 Å². The number of carbonyl (C=O) groups is 3. The van der Waals surface area contributed by atoms with Crippen molar-refractivity contribution in [1.29, 1.82) is 0 Å². The summed E-state index contributed by atoms with van der Waals surface area (Å²) < 4.78 is 5.11. The predicted molar refractivity (Wildman–Crippen MR) is 107 cm³/mol. The summed E-state index contributed by atoms with van der Waals surface area (Å²) in [7, 11) is 3.10. The Morgan fingerprint density at radius 2 is 1.79 bits per heavy atom. The highest BCUT2D eigenvalue weighted by molar-refractivity contribution is 7.12. The van der Waals surface area contributed by atoms with Gasteiger partial charge in [-0.15, -0.1) is 11.3 Å². The lowest BCUT2D eigenvalue weighted by Crippen LogP contribution is -2.63. The van der Waals surface area contributed by atoms with Crippen molar-refractivity contribution in [1.82, 2.24) is 15.5 Å². The average molecular weight is 401 g/mol. The number of methoxy groups -OCH3 is 1. The SMILES string of the molecule is CNC(=O)C1(NC(=O)c2ccc(OC)cc2)CCN(C(=O)c2cccs2)CC1. The summed E-state index contributed by atoms with van der Waals surface area (Å²) in [5, 5.41) is 7.41. The summed E-state index contributed by atoms with van der Waals surface area (Å²) in [6, 6.07) is 10.3. The molecular formula is C20H23N3O4S. The fourth-order valence-corrected chi connectivity index (χ4v) is 4.02. The van der Waals surface area contributed by atoms with Crippen LogP contribution in [0.2, 0.25) is 0 Å². The highest BCUT2D eigenvalue weighted by Crippen LogP contribution is 2.26. The van der Waals surface area contributed by atoms with Gasteiger partial charge in [-0.1, -0.05) is 6.07 Å². The summed E-state index contributed by atoms with van der Waals surface area (Å²) in [5.41, 5.74) is -0.598. The van der Waals surface area contributed by atoms with Crippen molar-refractivity contribution < 1.29 is 19.1 Å². The Bertz CT molecular complexity index is 841. The maximum absolute atomic E-state index is 12.7. The molecule has 0 atom stereocenters. The van der Waals surface area contributed by atoms with E-state index in [9.17, 15) is 14.4 Å². The molecule has 1 aromatic carbocycles. The van der Waals surface area contributed by atoms with Crippen molar-refractivity contribution in [3.63, 3.8) is 0 Å². The smallest absolute Gasteiger partial charge is 0.263 e. The molecule has 0 saturated carbocycles. The third kappa shape index (κ3) is 4.01. The third-order valence-corrected chi connectivity index (χ3v) is 5.86. The van der Waals surface area contributed by atoms with E-state index in [-0.39, 0.29) is 17.7 Å². The molecule has 148 valence electrons. The van der Waals surface area contributed by atoms with Gasteiger partial charge in [-0.05, 0) is 48.6 Å². The van der Waals surface area contributed by atoms with E-state index >= 15 is 0 Å². The van der Waals surface area contributed by atoms with Crippen LogP contribution in [0, 0.1) is 0 Å². The summed E-state index contributed by atoms with van der Waals surface area (Å²) in [4.78, 5) is 40.3. The van der Waals surface area contributed by atoms with Gasteiger partial charge in [0.2, 0.25) is 5.91 Å². The minimum atomic E-state index is -1.04. The minimum Gasteiger partial charge on any atom is -0.497 e. The molecule has 2 aromatic rings. The average Bonchev–Trinajstić information content (AvgIpc) is 3.28. The summed E-state index contributed by atoms with van der Waals surface area (Å²) in [6.07, 6.45) is 0.706. The number of nitrogens with one attached hydrogen (secondary N) is 2. The Morgan fingerprint density at radius 3 is 2.32 bits per heavy atom.